The monoisotopic (exact) mass is 475 g/mol. The van der Waals surface area contributed by atoms with E-state index in [1.165, 1.54) is 0 Å². The van der Waals surface area contributed by atoms with E-state index in [2.05, 4.69) is 41.5 Å². The van der Waals surface area contributed by atoms with Gasteiger partial charge in [-0.3, -0.25) is 19.9 Å². The summed E-state index contributed by atoms with van der Waals surface area (Å²) in [6.45, 7) is 1.96. The number of hydrogen-bond donors (Lipinski definition) is 3. The summed E-state index contributed by atoms with van der Waals surface area (Å²) in [6.07, 6.45) is 12.7. The van der Waals surface area contributed by atoms with E-state index in [0.717, 1.165) is 63.1 Å². The Bertz CT molecular complexity index is 1770. The van der Waals surface area contributed by atoms with E-state index >= 15 is 0 Å². The van der Waals surface area contributed by atoms with Gasteiger partial charge in [0.15, 0.2) is 0 Å². The first kappa shape index (κ1) is 20.5. The molecule has 176 valence electrons. The quantitative estimate of drug-likeness (QED) is 0.339. The van der Waals surface area contributed by atoms with E-state index in [1.54, 1.807) is 24.9 Å². The summed E-state index contributed by atoms with van der Waals surface area (Å²) in [5, 5.41) is 11.6. The van der Waals surface area contributed by atoms with Crippen LogP contribution in [-0.4, -0.2) is 45.6 Å². The van der Waals surface area contributed by atoms with Crippen molar-refractivity contribution in [1.29, 1.82) is 0 Å². The molecule has 0 radical (unpaired) electrons. The van der Waals surface area contributed by atoms with Gasteiger partial charge in [-0.1, -0.05) is 0 Å². The zero-order valence-corrected chi connectivity index (χ0v) is 19.4. The minimum Gasteiger partial charge on any atom is -0.352 e. The molecular weight excluding hydrogens is 454 g/mol. The Hall–Kier alpha value is -4.86. The molecule has 0 atom stereocenters. The summed E-state index contributed by atoms with van der Waals surface area (Å²) in [7, 11) is 0. The number of H-pyrrole nitrogens is 2. The van der Waals surface area contributed by atoms with Gasteiger partial charge in [0.05, 0.1) is 64.4 Å². The molecule has 1 aliphatic rings. The van der Waals surface area contributed by atoms with Crippen molar-refractivity contribution in [3.8, 4) is 28.3 Å². The Kier molecular flexibility index (Phi) is 4.47. The van der Waals surface area contributed by atoms with Crippen molar-refractivity contribution in [2.75, 3.05) is 5.32 Å². The van der Waals surface area contributed by atoms with Gasteiger partial charge in [-0.25, -0.2) is 9.97 Å². The molecule has 1 amide bonds. The van der Waals surface area contributed by atoms with Crippen LogP contribution in [0.2, 0.25) is 0 Å². The standard InChI is InChI=1S/C26H21N9O/c1-14-12-35(13-29-14)23-11-28-10-22-18(23)7-21(31-22)25-24-20(33-34-25)5-4-19(32-24)16-6-17(9-27-8-16)30-26(36)15-2-3-15/h4-13,15,31H,2-3H2,1H3,(H,30,36)(H,33,34). The van der Waals surface area contributed by atoms with Crippen molar-refractivity contribution < 1.29 is 4.79 Å². The number of rotatable bonds is 5. The summed E-state index contributed by atoms with van der Waals surface area (Å²) < 4.78 is 1.96. The Morgan fingerprint density at radius 1 is 1.08 bits per heavy atom. The molecule has 0 bridgehead atoms. The fourth-order valence-corrected chi connectivity index (χ4v) is 4.41. The third-order valence-corrected chi connectivity index (χ3v) is 6.43. The van der Waals surface area contributed by atoms with Crippen molar-refractivity contribution in [2.24, 2.45) is 5.92 Å². The number of aryl methyl sites for hydroxylation is 1. The molecule has 6 aromatic rings. The van der Waals surface area contributed by atoms with Gasteiger partial charge in [-0.15, -0.1) is 0 Å². The van der Waals surface area contributed by atoms with E-state index < -0.39 is 0 Å². The fourth-order valence-electron chi connectivity index (χ4n) is 4.41. The second-order valence-corrected chi connectivity index (χ2v) is 9.12. The maximum atomic E-state index is 12.2. The van der Waals surface area contributed by atoms with E-state index in [1.807, 2.05) is 42.1 Å². The molecule has 36 heavy (non-hydrogen) atoms. The molecule has 0 aliphatic heterocycles. The van der Waals surface area contributed by atoms with Crippen LogP contribution in [0.1, 0.15) is 18.5 Å². The lowest BCUT2D eigenvalue weighted by molar-refractivity contribution is -0.117. The van der Waals surface area contributed by atoms with Gasteiger partial charge in [-0.05, 0) is 44.0 Å². The Morgan fingerprint density at radius 2 is 1.97 bits per heavy atom. The van der Waals surface area contributed by atoms with Gasteiger partial charge in [0.25, 0.3) is 0 Å². The minimum atomic E-state index is 0.0491. The predicted octanol–water partition coefficient (Wildman–Crippen LogP) is 4.41. The first-order valence-corrected chi connectivity index (χ1v) is 11.7. The van der Waals surface area contributed by atoms with Crippen LogP contribution in [0, 0.1) is 12.8 Å². The number of hydrogen-bond acceptors (Lipinski definition) is 6. The fraction of sp³-hybridized carbons (Fsp3) is 0.154. The Labute approximate surface area is 204 Å². The topological polar surface area (TPSA) is 130 Å². The zero-order chi connectivity index (χ0) is 24.2. The molecule has 0 aromatic carbocycles. The first-order valence-electron chi connectivity index (χ1n) is 11.7. The van der Waals surface area contributed by atoms with Crippen molar-refractivity contribution in [2.45, 2.75) is 19.8 Å². The molecule has 7 rings (SSSR count). The number of carbonyl (C=O) groups excluding carboxylic acids is 1. The summed E-state index contributed by atoms with van der Waals surface area (Å²) >= 11 is 0. The van der Waals surface area contributed by atoms with Gasteiger partial charge < -0.3 is 14.9 Å². The van der Waals surface area contributed by atoms with Crippen LogP contribution in [0.4, 0.5) is 5.69 Å². The highest BCUT2D eigenvalue weighted by Gasteiger charge is 2.29. The Morgan fingerprint density at radius 3 is 2.81 bits per heavy atom. The van der Waals surface area contributed by atoms with E-state index in [0.29, 0.717) is 11.4 Å². The molecule has 0 spiro atoms. The van der Waals surface area contributed by atoms with Gasteiger partial charge >= 0.3 is 0 Å². The molecule has 0 unspecified atom stereocenters. The largest absolute Gasteiger partial charge is 0.352 e. The third-order valence-electron chi connectivity index (χ3n) is 6.43. The number of fused-ring (bicyclic) bond motifs is 2. The maximum Gasteiger partial charge on any atom is 0.227 e. The SMILES string of the molecule is Cc1cn(-c2cncc3[nH]c(-c4n[nH]c5ccc(-c6cncc(NC(=O)C7CC7)c6)nc45)cc23)cn1. The number of carbonyl (C=O) groups is 1. The van der Waals surface area contributed by atoms with E-state index in [9.17, 15) is 4.79 Å². The lowest BCUT2D eigenvalue weighted by Gasteiger charge is -2.06. The summed E-state index contributed by atoms with van der Waals surface area (Å²) in [4.78, 5) is 33.6. The highest BCUT2D eigenvalue weighted by Crippen LogP contribution is 2.33. The van der Waals surface area contributed by atoms with Crippen LogP contribution in [0.25, 0.3) is 50.3 Å². The lowest BCUT2D eigenvalue weighted by atomic mass is 10.1. The second-order valence-electron chi connectivity index (χ2n) is 9.12. The number of nitrogens with one attached hydrogen (secondary N) is 3. The predicted molar refractivity (Wildman–Crippen MR) is 135 cm³/mol. The van der Waals surface area contributed by atoms with Gasteiger partial charge in [0.2, 0.25) is 5.91 Å². The van der Waals surface area contributed by atoms with Crippen LogP contribution in [0.5, 0.6) is 0 Å². The van der Waals surface area contributed by atoms with Crippen molar-refractivity contribution in [3.63, 3.8) is 0 Å². The number of nitrogens with zero attached hydrogens (tertiary/aromatic N) is 6. The normalized spacial score (nSPS) is 13.5. The van der Waals surface area contributed by atoms with E-state index in [4.69, 9.17) is 4.98 Å². The molecule has 1 fully saturated rings. The number of anilines is 1. The van der Waals surface area contributed by atoms with Crippen molar-refractivity contribution in [1.82, 2.24) is 39.7 Å². The molecule has 3 N–H and O–H groups in total. The van der Waals surface area contributed by atoms with Crippen LogP contribution >= 0.6 is 0 Å². The first-order chi connectivity index (χ1) is 17.6. The van der Waals surface area contributed by atoms with Crippen LogP contribution in [0.15, 0.2) is 61.6 Å². The van der Waals surface area contributed by atoms with E-state index in [-0.39, 0.29) is 11.8 Å². The average Bonchev–Trinajstić information content (AvgIpc) is 3.30. The second kappa shape index (κ2) is 7.84. The van der Waals surface area contributed by atoms with Crippen LogP contribution in [0.3, 0.4) is 0 Å². The van der Waals surface area contributed by atoms with Crippen molar-refractivity contribution in [3.05, 3.63) is 67.3 Å². The number of imidazole rings is 1. The summed E-state index contributed by atoms with van der Waals surface area (Å²) in [6, 6.07) is 7.83. The van der Waals surface area contributed by atoms with Crippen molar-refractivity contribution >= 4 is 33.5 Å². The minimum absolute atomic E-state index is 0.0491. The molecule has 6 heterocycles. The highest BCUT2D eigenvalue weighted by molar-refractivity contribution is 5.97. The third kappa shape index (κ3) is 3.50. The van der Waals surface area contributed by atoms with Gasteiger partial charge in [-0.2, -0.15) is 5.10 Å². The molecule has 0 saturated heterocycles. The molecule has 10 heteroatoms. The number of amides is 1. The zero-order valence-electron chi connectivity index (χ0n) is 19.4. The van der Waals surface area contributed by atoms with Gasteiger partial charge in [0.1, 0.15) is 11.2 Å². The number of aromatic amines is 2. The van der Waals surface area contributed by atoms with Crippen LogP contribution < -0.4 is 5.32 Å². The molecule has 10 nitrogen and oxygen atoms in total. The van der Waals surface area contributed by atoms with Gasteiger partial charge in [0, 0.05) is 29.3 Å². The average molecular weight is 476 g/mol. The molecule has 6 aromatic heterocycles. The highest BCUT2D eigenvalue weighted by atomic mass is 16.2. The molecular formula is C26H21N9O. The molecule has 1 aliphatic carbocycles. The summed E-state index contributed by atoms with van der Waals surface area (Å²) in [5.74, 6) is 0.175. The number of aromatic nitrogens is 8. The maximum absolute atomic E-state index is 12.2. The smallest absolute Gasteiger partial charge is 0.227 e. The summed E-state index contributed by atoms with van der Waals surface area (Å²) in [5.41, 5.74) is 8.08. The van der Waals surface area contributed by atoms with Crippen LogP contribution in [-0.2, 0) is 4.79 Å². The Balaban J connectivity index is 1.28. The lowest BCUT2D eigenvalue weighted by Crippen LogP contribution is -2.13. The number of pyridine rings is 3. The molecule has 1 saturated carbocycles.